The van der Waals surface area contributed by atoms with E-state index in [-0.39, 0.29) is 6.54 Å². The molecule has 0 unspecified atom stereocenters. The van der Waals surface area contributed by atoms with E-state index in [4.69, 9.17) is 11.0 Å². The van der Waals surface area contributed by atoms with Gasteiger partial charge in [0.2, 0.25) is 5.91 Å². The zero-order valence-corrected chi connectivity index (χ0v) is 8.80. The number of hydrogen-bond acceptors (Lipinski definition) is 4. The van der Waals surface area contributed by atoms with Gasteiger partial charge >= 0.3 is 0 Å². The lowest BCUT2D eigenvalue weighted by Crippen LogP contribution is -2.30. The van der Waals surface area contributed by atoms with Gasteiger partial charge in [0.15, 0.2) is 0 Å². The first kappa shape index (κ1) is 11.7. The van der Waals surface area contributed by atoms with E-state index in [1.54, 1.807) is 24.1 Å². The molecule has 0 saturated carbocycles. The molecule has 0 bridgehead atoms. The Balaban J connectivity index is 3.09. The molecule has 0 heterocycles. The third-order valence-electron chi connectivity index (χ3n) is 2.08. The fraction of sp³-hybridized carbons (Fsp3) is 0.182. The van der Waals surface area contributed by atoms with Crippen LogP contribution in [-0.4, -0.2) is 25.8 Å². The lowest BCUT2D eigenvalue weighted by Gasteiger charge is -2.18. The highest BCUT2D eigenvalue weighted by Crippen LogP contribution is 2.19. The number of nitriles is 1. The van der Waals surface area contributed by atoms with Gasteiger partial charge in [-0.1, -0.05) is 0 Å². The van der Waals surface area contributed by atoms with E-state index in [0.29, 0.717) is 23.1 Å². The molecular weight excluding hydrogens is 206 g/mol. The summed E-state index contributed by atoms with van der Waals surface area (Å²) in [5.41, 5.74) is 6.40. The number of primary amides is 1. The van der Waals surface area contributed by atoms with Crippen molar-refractivity contribution >= 4 is 17.9 Å². The number of benzene rings is 1. The standard InChI is InChI=1S/C11H11N3O2/c1-14(6-11(13)16)10-3-2-8(7-15)4-9(10)5-12/h2-4,7H,6H2,1H3,(H2,13,16). The lowest BCUT2D eigenvalue weighted by atomic mass is 10.1. The van der Waals surface area contributed by atoms with E-state index in [2.05, 4.69) is 0 Å². The molecule has 0 fully saturated rings. The second kappa shape index (κ2) is 4.94. The molecule has 5 heteroatoms. The first-order valence-electron chi connectivity index (χ1n) is 4.57. The maximum Gasteiger partial charge on any atom is 0.236 e. The Kier molecular flexibility index (Phi) is 3.62. The zero-order chi connectivity index (χ0) is 12.1. The van der Waals surface area contributed by atoms with Crippen LogP contribution in [0.25, 0.3) is 0 Å². The van der Waals surface area contributed by atoms with Crippen molar-refractivity contribution in [3.8, 4) is 6.07 Å². The second-order valence-electron chi connectivity index (χ2n) is 3.33. The molecular formula is C11H11N3O2. The number of carbonyl (C=O) groups is 2. The van der Waals surface area contributed by atoms with Crippen LogP contribution in [0.3, 0.4) is 0 Å². The van der Waals surface area contributed by atoms with Crippen LogP contribution in [0.1, 0.15) is 15.9 Å². The van der Waals surface area contributed by atoms with Gasteiger partial charge in [0.25, 0.3) is 0 Å². The van der Waals surface area contributed by atoms with Crippen LogP contribution < -0.4 is 10.6 Å². The molecule has 5 nitrogen and oxygen atoms in total. The van der Waals surface area contributed by atoms with Gasteiger partial charge in [-0.2, -0.15) is 5.26 Å². The number of likely N-dealkylation sites (N-methyl/N-ethyl adjacent to an activating group) is 1. The zero-order valence-electron chi connectivity index (χ0n) is 8.80. The number of nitrogens with zero attached hydrogens (tertiary/aromatic N) is 2. The largest absolute Gasteiger partial charge is 0.368 e. The Morgan fingerprint density at radius 1 is 1.62 bits per heavy atom. The summed E-state index contributed by atoms with van der Waals surface area (Å²) in [6, 6.07) is 6.64. The Labute approximate surface area is 93.1 Å². The van der Waals surface area contributed by atoms with E-state index >= 15 is 0 Å². The maximum atomic E-state index is 10.7. The quantitative estimate of drug-likeness (QED) is 0.734. The first-order valence-corrected chi connectivity index (χ1v) is 4.57. The fourth-order valence-corrected chi connectivity index (χ4v) is 1.37. The molecule has 0 spiro atoms. The monoisotopic (exact) mass is 217 g/mol. The average molecular weight is 217 g/mol. The number of amides is 1. The molecule has 1 aromatic rings. The molecule has 2 N–H and O–H groups in total. The predicted molar refractivity (Wildman–Crippen MR) is 59.0 cm³/mol. The van der Waals surface area contributed by atoms with Gasteiger partial charge in [-0.05, 0) is 18.2 Å². The normalized spacial score (nSPS) is 9.25. The molecule has 1 amide bonds. The first-order chi connectivity index (χ1) is 7.58. The second-order valence-corrected chi connectivity index (χ2v) is 3.33. The summed E-state index contributed by atoms with van der Waals surface area (Å²) in [5.74, 6) is -0.481. The Morgan fingerprint density at radius 3 is 2.81 bits per heavy atom. The van der Waals surface area contributed by atoms with Crippen molar-refractivity contribution in [3.05, 3.63) is 29.3 Å². The van der Waals surface area contributed by atoms with Gasteiger partial charge in [-0.3, -0.25) is 9.59 Å². The van der Waals surface area contributed by atoms with E-state index in [9.17, 15) is 9.59 Å². The molecule has 0 radical (unpaired) electrons. The minimum atomic E-state index is -0.481. The highest BCUT2D eigenvalue weighted by atomic mass is 16.1. The van der Waals surface area contributed by atoms with Crippen molar-refractivity contribution in [2.24, 2.45) is 5.73 Å². The van der Waals surface area contributed by atoms with E-state index in [0.717, 1.165) is 0 Å². The molecule has 0 aliphatic rings. The molecule has 1 rings (SSSR count). The summed E-state index contributed by atoms with van der Waals surface area (Å²) in [5, 5.41) is 8.91. The number of nitrogens with two attached hydrogens (primary N) is 1. The van der Waals surface area contributed by atoms with Crippen LogP contribution >= 0.6 is 0 Å². The van der Waals surface area contributed by atoms with Gasteiger partial charge in [-0.15, -0.1) is 0 Å². The van der Waals surface area contributed by atoms with Gasteiger partial charge in [-0.25, -0.2) is 0 Å². The van der Waals surface area contributed by atoms with Gasteiger partial charge in [0.1, 0.15) is 12.4 Å². The maximum absolute atomic E-state index is 10.7. The van der Waals surface area contributed by atoms with Crippen molar-refractivity contribution < 1.29 is 9.59 Å². The lowest BCUT2D eigenvalue weighted by molar-refractivity contribution is -0.116. The molecule has 0 aliphatic carbocycles. The average Bonchev–Trinajstić information content (AvgIpc) is 2.27. The van der Waals surface area contributed by atoms with Crippen LogP contribution in [-0.2, 0) is 4.79 Å². The van der Waals surface area contributed by atoms with Crippen molar-refractivity contribution in [2.45, 2.75) is 0 Å². The third-order valence-corrected chi connectivity index (χ3v) is 2.08. The van der Waals surface area contributed by atoms with Gasteiger partial charge in [0, 0.05) is 12.6 Å². The molecule has 16 heavy (non-hydrogen) atoms. The summed E-state index contributed by atoms with van der Waals surface area (Å²) < 4.78 is 0. The molecule has 82 valence electrons. The van der Waals surface area contributed by atoms with Crippen LogP contribution in [0.4, 0.5) is 5.69 Å². The summed E-state index contributed by atoms with van der Waals surface area (Å²) in [6.07, 6.45) is 0.665. The van der Waals surface area contributed by atoms with Crippen LogP contribution in [0.15, 0.2) is 18.2 Å². The van der Waals surface area contributed by atoms with Crippen LogP contribution in [0.2, 0.25) is 0 Å². The summed E-state index contributed by atoms with van der Waals surface area (Å²) in [6.45, 7) is 0.0229. The van der Waals surface area contributed by atoms with Gasteiger partial charge < -0.3 is 10.6 Å². The minimum absolute atomic E-state index is 0.0229. The minimum Gasteiger partial charge on any atom is -0.368 e. The SMILES string of the molecule is CN(CC(N)=O)c1ccc(C=O)cc1C#N. The van der Waals surface area contributed by atoms with Crippen molar-refractivity contribution in [1.82, 2.24) is 0 Å². The third kappa shape index (κ3) is 2.58. The number of anilines is 1. The number of rotatable bonds is 4. The predicted octanol–water partition coefficient (Wildman–Crippen LogP) is 0.292. The van der Waals surface area contributed by atoms with Gasteiger partial charge in [0.05, 0.1) is 17.8 Å². The summed E-state index contributed by atoms with van der Waals surface area (Å²) in [7, 11) is 1.65. The highest BCUT2D eigenvalue weighted by Gasteiger charge is 2.09. The summed E-state index contributed by atoms with van der Waals surface area (Å²) >= 11 is 0. The van der Waals surface area contributed by atoms with Crippen LogP contribution in [0.5, 0.6) is 0 Å². The Bertz CT molecular complexity index is 463. The fourth-order valence-electron chi connectivity index (χ4n) is 1.37. The van der Waals surface area contributed by atoms with E-state index < -0.39 is 5.91 Å². The van der Waals surface area contributed by atoms with Crippen molar-refractivity contribution in [2.75, 3.05) is 18.5 Å². The Hall–Kier alpha value is -2.35. The topological polar surface area (TPSA) is 87.2 Å². The van der Waals surface area contributed by atoms with Crippen molar-refractivity contribution in [3.63, 3.8) is 0 Å². The summed E-state index contributed by atoms with van der Waals surface area (Å²) in [4.78, 5) is 22.8. The van der Waals surface area contributed by atoms with E-state index in [1.807, 2.05) is 6.07 Å². The molecule has 0 atom stereocenters. The molecule has 1 aromatic carbocycles. The number of aldehydes is 1. The molecule has 0 saturated heterocycles. The van der Waals surface area contributed by atoms with E-state index in [1.165, 1.54) is 6.07 Å². The molecule has 0 aliphatic heterocycles. The Morgan fingerprint density at radius 2 is 2.31 bits per heavy atom. The molecule has 0 aromatic heterocycles. The smallest absolute Gasteiger partial charge is 0.236 e. The number of hydrogen-bond donors (Lipinski definition) is 1. The van der Waals surface area contributed by atoms with Crippen LogP contribution in [0, 0.1) is 11.3 Å². The highest BCUT2D eigenvalue weighted by molar-refractivity contribution is 5.82. The van der Waals surface area contributed by atoms with Crippen molar-refractivity contribution in [1.29, 1.82) is 5.26 Å². The number of carbonyl (C=O) groups excluding carboxylic acids is 2.